The predicted molar refractivity (Wildman–Crippen MR) is 141 cm³/mol. The van der Waals surface area contributed by atoms with Crippen LogP contribution in [-0.4, -0.2) is 50.2 Å². The average Bonchev–Trinajstić information content (AvgIpc) is 3.35. The summed E-state index contributed by atoms with van der Waals surface area (Å²) >= 11 is 0. The van der Waals surface area contributed by atoms with Crippen molar-refractivity contribution >= 4 is 10.0 Å². The first-order chi connectivity index (χ1) is 17.6. The zero-order valence-corrected chi connectivity index (χ0v) is 22.5. The van der Waals surface area contributed by atoms with Crippen LogP contribution in [0.4, 0.5) is 0 Å². The van der Waals surface area contributed by atoms with Gasteiger partial charge in [0, 0.05) is 12.3 Å². The fraction of sp³-hybridized carbons (Fsp3) is 0.464. The first-order valence-corrected chi connectivity index (χ1v) is 14.4. The molecule has 0 spiro atoms. The Kier molecular flexibility index (Phi) is 8.38. The second-order valence-electron chi connectivity index (χ2n) is 10.6. The third-order valence-corrected chi connectivity index (χ3v) is 8.13. The summed E-state index contributed by atoms with van der Waals surface area (Å²) in [5.41, 5.74) is -0.401. The molecule has 200 valence electrons. The van der Waals surface area contributed by atoms with Crippen LogP contribution in [0.2, 0.25) is 0 Å². The highest BCUT2D eigenvalue weighted by Crippen LogP contribution is 2.43. The van der Waals surface area contributed by atoms with Gasteiger partial charge in [0.25, 0.3) is 0 Å². The molecule has 8 nitrogen and oxygen atoms in total. The Morgan fingerprint density at radius 1 is 1.08 bits per heavy atom. The van der Waals surface area contributed by atoms with Crippen LogP contribution in [0.3, 0.4) is 0 Å². The maximum atomic E-state index is 12.0. The van der Waals surface area contributed by atoms with Crippen molar-refractivity contribution in [2.45, 2.75) is 55.6 Å². The molecule has 1 aliphatic carbocycles. The number of aromatic nitrogens is 1. The second kappa shape index (κ2) is 11.3. The summed E-state index contributed by atoms with van der Waals surface area (Å²) in [6.45, 7) is 1.95. The first kappa shape index (κ1) is 27.3. The van der Waals surface area contributed by atoms with Crippen molar-refractivity contribution in [3.8, 4) is 5.75 Å². The smallest absolute Gasteiger partial charge is 0.238 e. The van der Waals surface area contributed by atoms with E-state index in [1.807, 2.05) is 30.3 Å². The normalized spacial score (nSPS) is 16.9. The van der Waals surface area contributed by atoms with Crippen LogP contribution < -0.4 is 9.88 Å². The van der Waals surface area contributed by atoms with E-state index in [-0.39, 0.29) is 10.8 Å². The highest BCUT2D eigenvalue weighted by molar-refractivity contribution is 7.89. The lowest BCUT2D eigenvalue weighted by molar-refractivity contribution is -0.904. The molecule has 4 rings (SSSR count). The van der Waals surface area contributed by atoms with Gasteiger partial charge in [-0.1, -0.05) is 49.6 Å². The Labute approximate surface area is 219 Å². The molecule has 1 aromatic heterocycles. The molecule has 0 aliphatic heterocycles. The molecule has 0 bridgehead atoms. The number of hydrogen-bond donors (Lipinski definition) is 2. The third kappa shape index (κ3) is 6.78. The maximum Gasteiger partial charge on any atom is 0.238 e. The van der Waals surface area contributed by atoms with E-state index in [0.29, 0.717) is 29.3 Å². The van der Waals surface area contributed by atoms with E-state index >= 15 is 0 Å². The van der Waals surface area contributed by atoms with Crippen molar-refractivity contribution in [1.29, 1.82) is 0 Å². The van der Waals surface area contributed by atoms with Gasteiger partial charge in [0.15, 0.2) is 11.4 Å². The molecule has 1 unspecified atom stereocenters. The highest BCUT2D eigenvalue weighted by Gasteiger charge is 2.44. The van der Waals surface area contributed by atoms with Gasteiger partial charge in [-0.15, -0.1) is 0 Å². The number of benzene rings is 2. The van der Waals surface area contributed by atoms with Gasteiger partial charge in [0.2, 0.25) is 15.9 Å². The van der Waals surface area contributed by atoms with Crippen LogP contribution in [0.1, 0.15) is 55.7 Å². The van der Waals surface area contributed by atoms with Gasteiger partial charge < -0.3 is 18.7 Å². The lowest BCUT2D eigenvalue weighted by Crippen LogP contribution is -2.40. The van der Waals surface area contributed by atoms with Crippen LogP contribution in [-0.2, 0) is 22.2 Å². The Balaban J connectivity index is 1.37. The molecule has 1 aliphatic rings. The van der Waals surface area contributed by atoms with Gasteiger partial charge in [-0.2, -0.15) is 0 Å². The monoisotopic (exact) mass is 528 g/mol. The Morgan fingerprint density at radius 2 is 1.76 bits per heavy atom. The van der Waals surface area contributed by atoms with Crippen molar-refractivity contribution in [2.75, 3.05) is 27.2 Å². The van der Waals surface area contributed by atoms with Gasteiger partial charge in [-0.3, -0.25) is 0 Å². The Morgan fingerprint density at radius 3 is 2.41 bits per heavy atom. The summed E-state index contributed by atoms with van der Waals surface area (Å²) < 4.78 is 35.4. The minimum atomic E-state index is -3.71. The van der Waals surface area contributed by atoms with E-state index in [4.69, 9.17) is 14.3 Å². The molecule has 37 heavy (non-hydrogen) atoms. The number of nitrogens with two attached hydrogens (primary N) is 1. The van der Waals surface area contributed by atoms with Crippen molar-refractivity contribution < 1.29 is 27.2 Å². The first-order valence-electron chi connectivity index (χ1n) is 12.9. The van der Waals surface area contributed by atoms with Crippen molar-refractivity contribution in [3.05, 3.63) is 78.0 Å². The van der Waals surface area contributed by atoms with Crippen molar-refractivity contribution in [3.63, 3.8) is 0 Å². The van der Waals surface area contributed by atoms with Crippen LogP contribution >= 0.6 is 0 Å². The SMILES string of the molecule is C[N+](C)(CCCOc1ccc(S(N)(=O)=O)cc1)Cc1cnc(C(O)(c2ccccc2)C2CCCCC2)o1. The summed E-state index contributed by atoms with van der Waals surface area (Å²) in [6, 6.07) is 15.9. The summed E-state index contributed by atoms with van der Waals surface area (Å²) in [4.78, 5) is 4.64. The largest absolute Gasteiger partial charge is 0.493 e. The lowest BCUT2D eigenvalue weighted by atomic mass is 9.73. The summed E-state index contributed by atoms with van der Waals surface area (Å²) in [5, 5.41) is 17.2. The zero-order valence-electron chi connectivity index (χ0n) is 21.7. The summed E-state index contributed by atoms with van der Waals surface area (Å²) in [5.74, 6) is 1.80. The minimum Gasteiger partial charge on any atom is -0.493 e. The van der Waals surface area contributed by atoms with Gasteiger partial charge >= 0.3 is 0 Å². The van der Waals surface area contributed by atoms with E-state index < -0.39 is 15.6 Å². The summed E-state index contributed by atoms with van der Waals surface area (Å²) in [6.07, 6.45) is 7.86. The summed E-state index contributed by atoms with van der Waals surface area (Å²) in [7, 11) is 0.526. The molecule has 1 fully saturated rings. The van der Waals surface area contributed by atoms with Crippen LogP contribution in [0.15, 0.2) is 70.1 Å². The van der Waals surface area contributed by atoms with Crippen LogP contribution in [0, 0.1) is 5.92 Å². The van der Waals surface area contributed by atoms with E-state index in [0.717, 1.165) is 50.0 Å². The molecule has 0 saturated heterocycles. The number of quaternary nitrogens is 1. The van der Waals surface area contributed by atoms with Gasteiger partial charge in [0.05, 0.1) is 38.3 Å². The predicted octanol–water partition coefficient (Wildman–Crippen LogP) is 4.18. The average molecular weight is 529 g/mol. The number of nitrogens with zero attached hydrogens (tertiary/aromatic N) is 2. The van der Waals surface area contributed by atoms with Crippen LogP contribution in [0.5, 0.6) is 5.75 Å². The topological polar surface area (TPSA) is 116 Å². The molecule has 0 radical (unpaired) electrons. The molecule has 2 aromatic carbocycles. The molecule has 9 heteroatoms. The molecule has 0 amide bonds. The Bertz CT molecular complexity index is 1250. The molecular weight excluding hydrogens is 490 g/mol. The fourth-order valence-electron chi connectivity index (χ4n) is 5.21. The number of oxazole rings is 1. The van der Waals surface area contributed by atoms with Crippen molar-refractivity contribution in [2.24, 2.45) is 11.1 Å². The van der Waals surface area contributed by atoms with Crippen LogP contribution in [0.25, 0.3) is 0 Å². The fourth-order valence-corrected chi connectivity index (χ4v) is 5.73. The molecule has 1 atom stereocenters. The molecule has 1 saturated carbocycles. The molecule has 3 aromatic rings. The van der Waals surface area contributed by atoms with Gasteiger partial charge in [0.1, 0.15) is 12.3 Å². The van der Waals surface area contributed by atoms with E-state index in [2.05, 4.69) is 19.1 Å². The maximum absolute atomic E-state index is 12.0. The number of ether oxygens (including phenoxy) is 1. The van der Waals surface area contributed by atoms with E-state index in [1.165, 1.54) is 18.6 Å². The van der Waals surface area contributed by atoms with E-state index in [1.54, 1.807) is 18.3 Å². The number of rotatable bonds is 11. The van der Waals surface area contributed by atoms with E-state index in [9.17, 15) is 13.5 Å². The number of primary sulfonamides is 1. The zero-order chi connectivity index (χ0) is 26.5. The standard InChI is InChI=1S/C28H38N3O5S/c1-31(2,18-9-19-35-24-14-16-26(17-15-24)37(29,33)34)21-25-20-30-27(36-25)28(32,22-10-5-3-6-11-22)23-12-7-4-8-13-23/h3,5-6,10-11,14-17,20,23,32H,4,7-9,12-13,18-19,21H2,1-2H3,(H2,29,33,34)/q+1. The Hall–Kier alpha value is -2.72. The molecule has 3 N–H and O–H groups in total. The highest BCUT2D eigenvalue weighted by atomic mass is 32.2. The number of hydrogen-bond acceptors (Lipinski definition) is 6. The van der Waals surface area contributed by atoms with Gasteiger partial charge in [-0.05, 0) is 42.7 Å². The number of sulfonamides is 1. The number of aliphatic hydroxyl groups is 1. The van der Waals surface area contributed by atoms with Crippen molar-refractivity contribution in [1.82, 2.24) is 4.98 Å². The minimum absolute atomic E-state index is 0.0618. The third-order valence-electron chi connectivity index (χ3n) is 7.20. The molecular formula is C28H38N3O5S+. The second-order valence-corrected chi connectivity index (χ2v) is 12.2. The van der Waals surface area contributed by atoms with Gasteiger partial charge in [-0.25, -0.2) is 18.5 Å². The quantitative estimate of drug-likeness (QED) is 0.285. The lowest BCUT2D eigenvalue weighted by Gasteiger charge is -2.36. The molecule has 1 heterocycles.